The van der Waals surface area contributed by atoms with Crippen LogP contribution in [-0.4, -0.2) is 32.6 Å². The molecule has 1 saturated carbocycles. The maximum Gasteiger partial charge on any atom is 0.272 e. The normalized spacial score (nSPS) is 14.1. The molecule has 0 radical (unpaired) electrons. The summed E-state index contributed by atoms with van der Waals surface area (Å²) in [6, 6.07) is 18.0. The van der Waals surface area contributed by atoms with Gasteiger partial charge < -0.3 is 15.2 Å². The van der Waals surface area contributed by atoms with Crippen LogP contribution in [0, 0.1) is 5.82 Å². The lowest BCUT2D eigenvalue weighted by molar-refractivity contribution is 0.0935. The monoisotopic (exact) mass is 495 g/mol. The van der Waals surface area contributed by atoms with Crippen molar-refractivity contribution in [2.24, 2.45) is 7.05 Å². The van der Waals surface area contributed by atoms with Crippen molar-refractivity contribution in [1.29, 1.82) is 0 Å². The fraction of sp³-hybridized carbons (Fsp3) is 0.207. The van der Waals surface area contributed by atoms with Crippen molar-refractivity contribution in [3.05, 3.63) is 89.5 Å². The van der Waals surface area contributed by atoms with E-state index in [2.05, 4.69) is 20.8 Å². The SMILES string of the molecule is C[C@H](NC(=O)c1cn(C)c2ccc(-c3ccc4c(C(=O)NC5CC5)n[nH]c4c3)cc12)c1cccc(F)c1. The quantitative estimate of drug-likeness (QED) is 0.301. The predicted octanol–water partition coefficient (Wildman–Crippen LogP) is 5.24. The minimum absolute atomic E-state index is 0.157. The van der Waals surface area contributed by atoms with E-state index in [0.29, 0.717) is 16.8 Å². The number of H-pyrrole nitrogens is 1. The highest BCUT2D eigenvalue weighted by Crippen LogP contribution is 2.30. The number of rotatable bonds is 6. The van der Waals surface area contributed by atoms with Crippen molar-refractivity contribution in [2.75, 3.05) is 0 Å². The van der Waals surface area contributed by atoms with Gasteiger partial charge in [-0.2, -0.15) is 5.10 Å². The summed E-state index contributed by atoms with van der Waals surface area (Å²) in [6.45, 7) is 1.84. The van der Waals surface area contributed by atoms with E-state index in [4.69, 9.17) is 0 Å². The molecule has 3 N–H and O–H groups in total. The first kappa shape index (κ1) is 23.0. The number of carbonyl (C=O) groups excluding carboxylic acids is 2. The second kappa shape index (κ2) is 8.89. The topological polar surface area (TPSA) is 91.8 Å². The summed E-state index contributed by atoms with van der Waals surface area (Å²) >= 11 is 0. The van der Waals surface area contributed by atoms with Crippen LogP contribution in [0.4, 0.5) is 4.39 Å². The molecular formula is C29H26FN5O2. The fourth-order valence-corrected chi connectivity index (χ4v) is 4.74. The number of aromatic amines is 1. The Hall–Kier alpha value is -4.46. The molecule has 2 heterocycles. The van der Waals surface area contributed by atoms with E-state index in [-0.39, 0.29) is 29.7 Å². The first-order valence-corrected chi connectivity index (χ1v) is 12.3. The molecule has 0 spiro atoms. The van der Waals surface area contributed by atoms with Crippen molar-refractivity contribution in [1.82, 2.24) is 25.4 Å². The van der Waals surface area contributed by atoms with Crippen LogP contribution >= 0.6 is 0 Å². The van der Waals surface area contributed by atoms with Gasteiger partial charge in [0.05, 0.1) is 17.1 Å². The van der Waals surface area contributed by atoms with E-state index in [9.17, 15) is 14.0 Å². The number of aryl methyl sites for hydroxylation is 1. The van der Waals surface area contributed by atoms with Crippen LogP contribution in [0.5, 0.6) is 0 Å². The van der Waals surface area contributed by atoms with E-state index in [1.807, 2.05) is 61.1 Å². The molecule has 0 bridgehead atoms. The lowest BCUT2D eigenvalue weighted by Crippen LogP contribution is -2.26. The zero-order valence-electron chi connectivity index (χ0n) is 20.5. The number of fused-ring (bicyclic) bond motifs is 2. The lowest BCUT2D eigenvalue weighted by atomic mass is 10.0. The molecule has 1 aliphatic carbocycles. The second-order valence-corrected chi connectivity index (χ2v) is 9.72. The molecular weight excluding hydrogens is 469 g/mol. The van der Waals surface area contributed by atoms with Crippen molar-refractivity contribution >= 4 is 33.6 Å². The van der Waals surface area contributed by atoms with Crippen LogP contribution in [0.2, 0.25) is 0 Å². The first-order chi connectivity index (χ1) is 17.9. The van der Waals surface area contributed by atoms with Gasteiger partial charge in [-0.05, 0) is 72.9 Å². The summed E-state index contributed by atoms with van der Waals surface area (Å²) < 4.78 is 15.6. The molecule has 1 aliphatic rings. The number of hydrogen-bond acceptors (Lipinski definition) is 3. The Morgan fingerprint density at radius 1 is 1.03 bits per heavy atom. The summed E-state index contributed by atoms with van der Waals surface area (Å²) in [4.78, 5) is 25.7. The maximum atomic E-state index is 13.7. The third-order valence-corrected chi connectivity index (χ3v) is 6.95. The molecule has 0 aliphatic heterocycles. The largest absolute Gasteiger partial charge is 0.350 e. The molecule has 2 aromatic heterocycles. The zero-order valence-corrected chi connectivity index (χ0v) is 20.5. The van der Waals surface area contributed by atoms with Crippen LogP contribution in [0.1, 0.15) is 52.2 Å². The van der Waals surface area contributed by atoms with Crippen LogP contribution in [-0.2, 0) is 7.05 Å². The van der Waals surface area contributed by atoms with Crippen molar-refractivity contribution in [3.63, 3.8) is 0 Å². The lowest BCUT2D eigenvalue weighted by Gasteiger charge is -2.14. The molecule has 2 amide bonds. The Kier molecular flexibility index (Phi) is 5.52. The molecule has 1 atom stereocenters. The number of benzene rings is 3. The van der Waals surface area contributed by atoms with Gasteiger partial charge >= 0.3 is 0 Å². The van der Waals surface area contributed by atoms with Gasteiger partial charge in [0.1, 0.15) is 5.82 Å². The predicted molar refractivity (Wildman–Crippen MR) is 141 cm³/mol. The van der Waals surface area contributed by atoms with E-state index in [1.165, 1.54) is 12.1 Å². The number of hydrogen-bond donors (Lipinski definition) is 3. The number of nitrogens with zero attached hydrogens (tertiary/aromatic N) is 2. The van der Waals surface area contributed by atoms with Gasteiger partial charge in [-0.25, -0.2) is 4.39 Å². The highest BCUT2D eigenvalue weighted by atomic mass is 19.1. The van der Waals surface area contributed by atoms with Crippen molar-refractivity contribution in [2.45, 2.75) is 31.8 Å². The number of aromatic nitrogens is 3. The van der Waals surface area contributed by atoms with Crippen LogP contribution in [0.3, 0.4) is 0 Å². The van der Waals surface area contributed by atoms with Crippen LogP contribution < -0.4 is 10.6 Å². The molecule has 37 heavy (non-hydrogen) atoms. The van der Waals surface area contributed by atoms with Crippen LogP contribution in [0.15, 0.2) is 66.9 Å². The minimum atomic E-state index is -0.351. The summed E-state index contributed by atoms with van der Waals surface area (Å²) in [7, 11) is 1.90. The van der Waals surface area contributed by atoms with Crippen molar-refractivity contribution in [3.8, 4) is 11.1 Å². The van der Waals surface area contributed by atoms with Gasteiger partial charge in [0, 0.05) is 35.6 Å². The van der Waals surface area contributed by atoms with Gasteiger partial charge in [-0.15, -0.1) is 0 Å². The zero-order chi connectivity index (χ0) is 25.7. The molecule has 0 saturated heterocycles. The van der Waals surface area contributed by atoms with Gasteiger partial charge in [0.15, 0.2) is 5.69 Å². The summed E-state index contributed by atoms with van der Waals surface area (Å²) in [5.74, 6) is -0.719. The van der Waals surface area contributed by atoms with Gasteiger partial charge in [0.2, 0.25) is 0 Å². The Morgan fingerprint density at radius 2 is 1.81 bits per heavy atom. The molecule has 3 aromatic carbocycles. The van der Waals surface area contributed by atoms with E-state index < -0.39 is 0 Å². The van der Waals surface area contributed by atoms with E-state index >= 15 is 0 Å². The van der Waals surface area contributed by atoms with Crippen molar-refractivity contribution < 1.29 is 14.0 Å². The number of amides is 2. The maximum absolute atomic E-state index is 13.7. The fourth-order valence-electron chi connectivity index (χ4n) is 4.74. The van der Waals surface area contributed by atoms with Crippen LogP contribution in [0.25, 0.3) is 32.9 Å². The Labute approximate surface area is 212 Å². The second-order valence-electron chi connectivity index (χ2n) is 9.72. The Morgan fingerprint density at radius 3 is 2.59 bits per heavy atom. The molecule has 186 valence electrons. The highest BCUT2D eigenvalue weighted by molar-refractivity contribution is 6.09. The van der Waals surface area contributed by atoms with Gasteiger partial charge in [-0.3, -0.25) is 14.7 Å². The molecule has 1 fully saturated rings. The standard InChI is InChI=1S/C29H26FN5O2/c1-16(17-4-3-5-20(30)12-17)31-28(36)24-15-35(2)26-11-7-18(13-23(24)26)19-6-10-22-25(14-19)33-34-27(22)29(37)32-21-8-9-21/h3-7,10-16,21H,8-9H2,1-2H3,(H,31,36)(H,32,37)(H,33,34)/t16-/m0/s1. The highest BCUT2D eigenvalue weighted by Gasteiger charge is 2.26. The first-order valence-electron chi connectivity index (χ1n) is 12.3. The molecule has 6 rings (SSSR count). The number of nitrogens with one attached hydrogen (secondary N) is 3. The van der Waals surface area contributed by atoms with Gasteiger partial charge in [0.25, 0.3) is 11.8 Å². The summed E-state index contributed by atoms with van der Waals surface area (Å²) in [5.41, 5.74) is 5.22. The minimum Gasteiger partial charge on any atom is -0.350 e. The average Bonchev–Trinajstić information content (AvgIpc) is 3.50. The Bertz CT molecular complexity index is 1680. The Balaban J connectivity index is 1.31. The summed E-state index contributed by atoms with van der Waals surface area (Å²) in [5, 5.41) is 14.8. The van der Waals surface area contributed by atoms with E-state index in [1.54, 1.807) is 12.1 Å². The molecule has 8 heteroatoms. The number of carbonyl (C=O) groups is 2. The third kappa shape index (κ3) is 4.35. The van der Waals surface area contributed by atoms with E-state index in [0.717, 1.165) is 45.8 Å². The summed E-state index contributed by atoms with van der Waals surface area (Å²) in [6.07, 6.45) is 3.85. The molecule has 7 nitrogen and oxygen atoms in total. The number of halogens is 1. The third-order valence-electron chi connectivity index (χ3n) is 6.95. The smallest absolute Gasteiger partial charge is 0.272 e. The average molecular weight is 496 g/mol. The molecule has 0 unspecified atom stereocenters. The molecule has 5 aromatic rings. The van der Waals surface area contributed by atoms with Gasteiger partial charge in [-0.1, -0.05) is 24.3 Å².